The number of halogens is 3. The van der Waals surface area contributed by atoms with E-state index in [1.165, 1.54) is 6.07 Å². The topological polar surface area (TPSA) is 103 Å². The van der Waals surface area contributed by atoms with Crippen LogP contribution in [0.5, 0.6) is 5.75 Å². The van der Waals surface area contributed by atoms with Gasteiger partial charge in [0.1, 0.15) is 24.1 Å². The molecule has 1 fully saturated rings. The smallest absolute Gasteiger partial charge is 0.416 e. The van der Waals surface area contributed by atoms with Crippen LogP contribution in [-0.4, -0.2) is 38.1 Å². The number of ketones is 1. The molecule has 2 aromatic heterocycles. The number of rotatable bonds is 4. The Hall–Kier alpha value is -3.99. The van der Waals surface area contributed by atoms with Crippen molar-refractivity contribution in [2.24, 2.45) is 18.8 Å². The van der Waals surface area contributed by atoms with Crippen molar-refractivity contribution in [3.63, 3.8) is 0 Å². The highest BCUT2D eigenvalue weighted by molar-refractivity contribution is 6.14. The Labute approximate surface area is 202 Å². The van der Waals surface area contributed by atoms with Crippen LogP contribution in [0.4, 0.5) is 13.2 Å². The second-order valence-electron chi connectivity index (χ2n) is 9.15. The maximum Gasteiger partial charge on any atom is 0.416 e. The zero-order valence-electron chi connectivity index (χ0n) is 19.0. The van der Waals surface area contributed by atoms with Crippen LogP contribution in [0.25, 0.3) is 21.8 Å². The summed E-state index contributed by atoms with van der Waals surface area (Å²) < 4.78 is 46.2. The van der Waals surface area contributed by atoms with Crippen molar-refractivity contribution < 1.29 is 27.5 Å². The summed E-state index contributed by atoms with van der Waals surface area (Å²) in [6.07, 6.45) is -1.17. The van der Waals surface area contributed by atoms with Gasteiger partial charge in [-0.1, -0.05) is 6.07 Å². The van der Waals surface area contributed by atoms with Gasteiger partial charge in [0.05, 0.1) is 16.6 Å². The standard InChI is InChI=1S/C25H20F3N5O3/c1-32-22-16-8-13(4-7-18(16)30-10-17(22)21(31-32)23(34)12-2-3-12)24(35)33(29)19-11-36-20-9-14(25(26,27)28)5-6-15(19)20/h4-10,12,19H,2-3,11,29H2,1H3. The Balaban J connectivity index is 1.35. The van der Waals surface area contributed by atoms with Gasteiger partial charge in [0, 0.05) is 41.1 Å². The number of nitrogens with zero attached hydrogens (tertiary/aromatic N) is 4. The van der Waals surface area contributed by atoms with E-state index >= 15 is 0 Å². The molecule has 0 bridgehead atoms. The molecule has 2 aromatic carbocycles. The summed E-state index contributed by atoms with van der Waals surface area (Å²) in [4.78, 5) is 30.5. The molecule has 11 heteroatoms. The predicted octanol–water partition coefficient (Wildman–Crippen LogP) is 4.18. The summed E-state index contributed by atoms with van der Waals surface area (Å²) in [6.45, 7) is -0.0629. The number of pyridine rings is 1. The minimum absolute atomic E-state index is 0.00114. The summed E-state index contributed by atoms with van der Waals surface area (Å²) in [7, 11) is 1.73. The van der Waals surface area contributed by atoms with Crippen molar-refractivity contribution in [3.05, 3.63) is 65.0 Å². The molecule has 3 heterocycles. The molecule has 6 rings (SSSR count). The van der Waals surface area contributed by atoms with Crippen LogP contribution in [0.3, 0.4) is 0 Å². The molecule has 1 aliphatic carbocycles. The lowest BCUT2D eigenvalue weighted by Gasteiger charge is -2.23. The largest absolute Gasteiger partial charge is 0.491 e. The molecule has 36 heavy (non-hydrogen) atoms. The van der Waals surface area contributed by atoms with Gasteiger partial charge in [0.15, 0.2) is 5.78 Å². The summed E-state index contributed by atoms with van der Waals surface area (Å²) >= 11 is 0. The number of hydrogen-bond acceptors (Lipinski definition) is 6. The fourth-order valence-electron chi connectivity index (χ4n) is 4.70. The highest BCUT2D eigenvalue weighted by atomic mass is 19.4. The number of amides is 1. The number of hydrazine groups is 1. The second kappa shape index (κ2) is 7.76. The van der Waals surface area contributed by atoms with E-state index in [1.807, 2.05) is 0 Å². The second-order valence-corrected chi connectivity index (χ2v) is 9.15. The average Bonchev–Trinajstić information content (AvgIpc) is 3.54. The fourth-order valence-corrected chi connectivity index (χ4v) is 4.70. The van der Waals surface area contributed by atoms with E-state index in [0.29, 0.717) is 33.1 Å². The first kappa shape index (κ1) is 22.5. The molecule has 0 saturated heterocycles. The number of carbonyl (C=O) groups excluding carboxylic acids is 2. The predicted molar refractivity (Wildman–Crippen MR) is 123 cm³/mol. The van der Waals surface area contributed by atoms with E-state index in [0.717, 1.165) is 30.0 Å². The Bertz CT molecular complexity index is 1570. The van der Waals surface area contributed by atoms with Gasteiger partial charge < -0.3 is 4.74 Å². The normalized spacial score (nSPS) is 17.3. The number of benzene rings is 2. The molecule has 0 radical (unpaired) electrons. The third-order valence-electron chi connectivity index (χ3n) is 6.76. The Morgan fingerprint density at radius 1 is 1.14 bits per heavy atom. The molecular weight excluding hydrogens is 475 g/mol. The fraction of sp³-hybridized carbons (Fsp3) is 0.280. The van der Waals surface area contributed by atoms with Crippen LogP contribution in [-0.2, 0) is 13.2 Å². The number of Topliss-reactive ketones (excluding diaryl/α,β-unsaturated/α-hetero) is 1. The van der Waals surface area contributed by atoms with Crippen molar-refractivity contribution in [3.8, 4) is 5.75 Å². The minimum Gasteiger partial charge on any atom is -0.491 e. The number of aryl methyl sites for hydroxylation is 1. The molecule has 2 N–H and O–H groups in total. The summed E-state index contributed by atoms with van der Waals surface area (Å²) in [5.74, 6) is 5.68. The highest BCUT2D eigenvalue weighted by Crippen LogP contribution is 2.40. The zero-order valence-corrected chi connectivity index (χ0v) is 19.0. The summed E-state index contributed by atoms with van der Waals surface area (Å²) in [6, 6.07) is 7.29. The first-order valence-corrected chi connectivity index (χ1v) is 11.4. The van der Waals surface area contributed by atoms with E-state index < -0.39 is 23.7 Å². The third kappa shape index (κ3) is 3.49. The SMILES string of the molecule is Cn1nc(C(=O)C2CC2)c2cnc3ccc(C(=O)N(N)C4COc5cc(C(F)(F)F)ccc54)cc3c21. The van der Waals surface area contributed by atoms with Crippen LogP contribution in [0.15, 0.2) is 42.6 Å². The Morgan fingerprint density at radius 2 is 1.92 bits per heavy atom. The summed E-state index contributed by atoms with van der Waals surface area (Å²) in [5, 5.41) is 6.66. The van der Waals surface area contributed by atoms with Crippen molar-refractivity contribution in [1.29, 1.82) is 0 Å². The molecule has 0 spiro atoms. The van der Waals surface area contributed by atoms with Crippen molar-refractivity contribution in [1.82, 2.24) is 19.8 Å². The zero-order chi connectivity index (χ0) is 25.4. The van der Waals surface area contributed by atoms with E-state index in [2.05, 4.69) is 10.1 Å². The van der Waals surface area contributed by atoms with E-state index in [1.54, 1.807) is 36.1 Å². The van der Waals surface area contributed by atoms with E-state index in [-0.39, 0.29) is 29.6 Å². The lowest BCUT2D eigenvalue weighted by Crippen LogP contribution is -2.41. The molecule has 1 unspecified atom stereocenters. The number of hydrogen-bond donors (Lipinski definition) is 1. The quantitative estimate of drug-likeness (QED) is 0.197. The highest BCUT2D eigenvalue weighted by Gasteiger charge is 2.37. The van der Waals surface area contributed by atoms with Crippen LogP contribution >= 0.6 is 0 Å². The molecular formula is C25H20F3N5O3. The monoisotopic (exact) mass is 495 g/mol. The van der Waals surface area contributed by atoms with Gasteiger partial charge in [-0.3, -0.25) is 24.3 Å². The average molecular weight is 495 g/mol. The number of carbonyl (C=O) groups is 2. The van der Waals surface area contributed by atoms with Crippen LogP contribution in [0.2, 0.25) is 0 Å². The lowest BCUT2D eigenvalue weighted by molar-refractivity contribution is -0.137. The van der Waals surface area contributed by atoms with E-state index in [9.17, 15) is 22.8 Å². The maximum atomic E-state index is 13.3. The number of ether oxygens (including phenoxy) is 1. The van der Waals surface area contributed by atoms with Crippen LogP contribution in [0, 0.1) is 5.92 Å². The van der Waals surface area contributed by atoms with Gasteiger partial charge >= 0.3 is 6.18 Å². The van der Waals surface area contributed by atoms with Crippen LogP contribution < -0.4 is 10.6 Å². The Kier molecular flexibility index (Phi) is 4.84. The summed E-state index contributed by atoms with van der Waals surface area (Å²) in [5.41, 5.74) is 1.49. The van der Waals surface area contributed by atoms with Crippen LogP contribution in [0.1, 0.15) is 50.9 Å². The van der Waals surface area contributed by atoms with Gasteiger partial charge in [0.25, 0.3) is 5.91 Å². The van der Waals surface area contributed by atoms with Crippen molar-refractivity contribution in [2.45, 2.75) is 25.1 Å². The molecule has 1 aliphatic heterocycles. The first-order chi connectivity index (χ1) is 17.1. The van der Waals surface area contributed by atoms with Crippen molar-refractivity contribution in [2.75, 3.05) is 6.61 Å². The Morgan fingerprint density at radius 3 is 2.64 bits per heavy atom. The van der Waals surface area contributed by atoms with E-state index in [4.69, 9.17) is 10.6 Å². The minimum atomic E-state index is -4.51. The number of aromatic nitrogens is 3. The molecule has 4 aromatic rings. The number of fused-ring (bicyclic) bond motifs is 4. The van der Waals surface area contributed by atoms with Crippen molar-refractivity contribution >= 4 is 33.5 Å². The van der Waals surface area contributed by atoms with Gasteiger partial charge in [-0.25, -0.2) is 5.84 Å². The lowest BCUT2D eigenvalue weighted by atomic mass is 10.0. The first-order valence-electron chi connectivity index (χ1n) is 11.4. The van der Waals surface area contributed by atoms with Gasteiger partial charge in [0.2, 0.25) is 0 Å². The molecule has 8 nitrogen and oxygen atoms in total. The number of nitrogens with two attached hydrogens (primary N) is 1. The molecule has 184 valence electrons. The molecule has 2 aliphatic rings. The third-order valence-corrected chi connectivity index (χ3v) is 6.76. The maximum absolute atomic E-state index is 13.3. The van der Waals surface area contributed by atoms with Gasteiger partial charge in [-0.15, -0.1) is 0 Å². The number of alkyl halides is 3. The molecule has 1 saturated carbocycles. The van der Waals surface area contributed by atoms with Gasteiger partial charge in [-0.2, -0.15) is 18.3 Å². The molecule has 1 amide bonds. The van der Waals surface area contributed by atoms with Gasteiger partial charge in [-0.05, 0) is 43.2 Å². The molecule has 1 atom stereocenters.